The Balaban J connectivity index is 1.78. The minimum atomic E-state index is -4.32. The van der Waals surface area contributed by atoms with Crippen LogP contribution in [-0.4, -0.2) is 43.7 Å². The van der Waals surface area contributed by atoms with E-state index in [1.807, 2.05) is 0 Å². The van der Waals surface area contributed by atoms with Gasteiger partial charge in [0, 0.05) is 32.7 Å². The van der Waals surface area contributed by atoms with Crippen molar-refractivity contribution in [1.82, 2.24) is 15.5 Å². The molecule has 1 aromatic carbocycles. The Bertz CT molecular complexity index is 520. The van der Waals surface area contributed by atoms with Crippen LogP contribution in [0.5, 0.6) is 0 Å². The zero-order valence-electron chi connectivity index (χ0n) is 12.0. The first-order valence-corrected chi connectivity index (χ1v) is 7.04. The summed E-state index contributed by atoms with van der Waals surface area (Å²) in [5.74, 6) is 0. The summed E-state index contributed by atoms with van der Waals surface area (Å²) in [5.41, 5.74) is -0.0129. The third kappa shape index (κ3) is 4.77. The van der Waals surface area contributed by atoms with Gasteiger partial charge in [-0.25, -0.2) is 4.79 Å². The number of carbonyl (C=O) groups excluding carboxylic acids is 1. The lowest BCUT2D eigenvalue weighted by atomic mass is 10.1. The molecule has 0 spiro atoms. The van der Waals surface area contributed by atoms with E-state index in [2.05, 4.69) is 10.6 Å². The number of hydrogen-bond acceptors (Lipinski definition) is 2. The van der Waals surface area contributed by atoms with Crippen LogP contribution in [0.3, 0.4) is 0 Å². The van der Waals surface area contributed by atoms with Gasteiger partial charge in [0.15, 0.2) is 0 Å². The highest BCUT2D eigenvalue weighted by Gasteiger charge is 2.29. The normalized spacial score (nSPS) is 16.0. The Morgan fingerprint density at radius 3 is 2.45 bits per heavy atom. The molecule has 1 fully saturated rings. The maximum absolute atomic E-state index is 12.4. The lowest BCUT2D eigenvalue weighted by Crippen LogP contribution is -2.50. The molecule has 1 heterocycles. The van der Waals surface area contributed by atoms with Gasteiger partial charge in [-0.2, -0.15) is 13.2 Å². The number of alkyl halides is 3. The van der Waals surface area contributed by atoms with Crippen LogP contribution in [0, 0.1) is 0 Å². The van der Waals surface area contributed by atoms with Gasteiger partial charge in [-0.15, -0.1) is 0 Å². The van der Waals surface area contributed by atoms with Gasteiger partial charge in [-0.1, -0.05) is 24.3 Å². The van der Waals surface area contributed by atoms with Gasteiger partial charge in [0.05, 0.1) is 5.56 Å². The second-order valence-electron chi connectivity index (χ2n) is 4.95. The SMILES string of the molecule is O=C(NCC=Cc1ccc(C(F)(F)F)cc1)N1CCNCC1. The van der Waals surface area contributed by atoms with Gasteiger partial charge in [0.1, 0.15) is 0 Å². The van der Waals surface area contributed by atoms with Crippen LogP contribution in [0.1, 0.15) is 11.1 Å². The van der Waals surface area contributed by atoms with E-state index in [0.29, 0.717) is 25.2 Å². The van der Waals surface area contributed by atoms with E-state index in [0.717, 1.165) is 25.2 Å². The Kier molecular flexibility index (Phi) is 5.43. The smallest absolute Gasteiger partial charge is 0.335 e. The third-order valence-corrected chi connectivity index (χ3v) is 3.32. The Morgan fingerprint density at radius 2 is 1.86 bits per heavy atom. The zero-order valence-corrected chi connectivity index (χ0v) is 12.0. The van der Waals surface area contributed by atoms with Gasteiger partial charge < -0.3 is 15.5 Å². The molecule has 0 bridgehead atoms. The van der Waals surface area contributed by atoms with E-state index in [1.54, 1.807) is 17.1 Å². The maximum Gasteiger partial charge on any atom is 0.416 e. The molecule has 1 saturated heterocycles. The molecule has 22 heavy (non-hydrogen) atoms. The minimum Gasteiger partial charge on any atom is -0.335 e. The maximum atomic E-state index is 12.4. The van der Waals surface area contributed by atoms with E-state index in [4.69, 9.17) is 0 Å². The molecule has 2 rings (SSSR count). The lowest BCUT2D eigenvalue weighted by molar-refractivity contribution is -0.137. The van der Waals surface area contributed by atoms with Crippen molar-refractivity contribution in [3.8, 4) is 0 Å². The van der Waals surface area contributed by atoms with E-state index in [-0.39, 0.29) is 6.03 Å². The highest BCUT2D eigenvalue weighted by molar-refractivity contribution is 5.74. The van der Waals surface area contributed by atoms with Crippen LogP contribution < -0.4 is 10.6 Å². The molecule has 120 valence electrons. The van der Waals surface area contributed by atoms with E-state index < -0.39 is 11.7 Å². The predicted molar refractivity (Wildman–Crippen MR) is 78.3 cm³/mol. The highest BCUT2D eigenvalue weighted by Crippen LogP contribution is 2.29. The Morgan fingerprint density at radius 1 is 1.23 bits per heavy atom. The summed E-state index contributed by atoms with van der Waals surface area (Å²) in [6, 6.07) is 4.76. The Hall–Kier alpha value is -2.02. The van der Waals surface area contributed by atoms with Crippen molar-refractivity contribution < 1.29 is 18.0 Å². The molecule has 7 heteroatoms. The second kappa shape index (κ2) is 7.31. The molecular formula is C15H18F3N3O. The first-order chi connectivity index (χ1) is 10.5. The molecule has 0 unspecified atom stereocenters. The average molecular weight is 313 g/mol. The number of amides is 2. The first-order valence-electron chi connectivity index (χ1n) is 7.04. The summed E-state index contributed by atoms with van der Waals surface area (Å²) in [5, 5.41) is 5.91. The average Bonchev–Trinajstić information content (AvgIpc) is 2.52. The van der Waals surface area contributed by atoms with Gasteiger partial charge in [-0.05, 0) is 17.7 Å². The zero-order chi connectivity index (χ0) is 16.0. The summed E-state index contributed by atoms with van der Waals surface area (Å²) < 4.78 is 37.3. The summed E-state index contributed by atoms with van der Waals surface area (Å²) >= 11 is 0. The van der Waals surface area contributed by atoms with Crippen LogP contribution >= 0.6 is 0 Å². The topological polar surface area (TPSA) is 44.4 Å². The fourth-order valence-electron chi connectivity index (χ4n) is 2.10. The molecule has 0 aliphatic carbocycles. The molecule has 4 nitrogen and oxygen atoms in total. The Labute approximate surface area is 127 Å². The van der Waals surface area contributed by atoms with Gasteiger partial charge in [0.2, 0.25) is 0 Å². The van der Waals surface area contributed by atoms with Crippen molar-refractivity contribution in [2.45, 2.75) is 6.18 Å². The van der Waals surface area contributed by atoms with Crippen molar-refractivity contribution >= 4 is 12.1 Å². The molecule has 2 N–H and O–H groups in total. The largest absolute Gasteiger partial charge is 0.416 e. The predicted octanol–water partition coefficient (Wildman–Crippen LogP) is 2.33. The number of nitrogens with zero attached hydrogens (tertiary/aromatic N) is 1. The van der Waals surface area contributed by atoms with Crippen LogP contribution in [0.2, 0.25) is 0 Å². The number of urea groups is 1. The van der Waals surface area contributed by atoms with Crippen LogP contribution in [-0.2, 0) is 6.18 Å². The van der Waals surface area contributed by atoms with Crippen molar-refractivity contribution in [1.29, 1.82) is 0 Å². The van der Waals surface area contributed by atoms with Crippen molar-refractivity contribution in [2.24, 2.45) is 0 Å². The fraction of sp³-hybridized carbons (Fsp3) is 0.400. The molecule has 1 aliphatic rings. The number of halogens is 3. The second-order valence-corrected chi connectivity index (χ2v) is 4.95. The van der Waals surface area contributed by atoms with Crippen LogP contribution in [0.25, 0.3) is 6.08 Å². The van der Waals surface area contributed by atoms with Crippen molar-refractivity contribution in [3.05, 3.63) is 41.5 Å². The van der Waals surface area contributed by atoms with Crippen molar-refractivity contribution in [3.63, 3.8) is 0 Å². The molecule has 0 aromatic heterocycles. The van der Waals surface area contributed by atoms with E-state index in [1.165, 1.54) is 12.1 Å². The fourth-order valence-corrected chi connectivity index (χ4v) is 2.10. The van der Waals surface area contributed by atoms with Gasteiger partial charge in [0.25, 0.3) is 0 Å². The summed E-state index contributed by atoms with van der Waals surface area (Å²) in [4.78, 5) is 13.5. The van der Waals surface area contributed by atoms with E-state index >= 15 is 0 Å². The molecule has 2 amide bonds. The summed E-state index contributed by atoms with van der Waals surface area (Å²) in [6.07, 6.45) is -0.930. The third-order valence-electron chi connectivity index (χ3n) is 3.32. The molecule has 1 aliphatic heterocycles. The number of piperazine rings is 1. The monoisotopic (exact) mass is 313 g/mol. The quantitative estimate of drug-likeness (QED) is 0.899. The number of nitrogens with one attached hydrogen (secondary N) is 2. The van der Waals surface area contributed by atoms with Gasteiger partial charge >= 0.3 is 12.2 Å². The van der Waals surface area contributed by atoms with Gasteiger partial charge in [-0.3, -0.25) is 0 Å². The number of benzene rings is 1. The summed E-state index contributed by atoms with van der Waals surface area (Å²) in [7, 11) is 0. The minimum absolute atomic E-state index is 0.126. The molecule has 0 atom stereocenters. The molecule has 0 saturated carbocycles. The van der Waals surface area contributed by atoms with E-state index in [9.17, 15) is 18.0 Å². The van der Waals surface area contributed by atoms with Crippen LogP contribution in [0.4, 0.5) is 18.0 Å². The summed E-state index contributed by atoms with van der Waals surface area (Å²) in [6.45, 7) is 3.26. The first kappa shape index (κ1) is 16.4. The highest BCUT2D eigenvalue weighted by atomic mass is 19.4. The number of carbonyl (C=O) groups is 1. The molecular weight excluding hydrogens is 295 g/mol. The molecule has 1 aromatic rings. The number of hydrogen-bond donors (Lipinski definition) is 2. The van der Waals surface area contributed by atoms with Crippen LogP contribution in [0.15, 0.2) is 30.3 Å². The lowest BCUT2D eigenvalue weighted by Gasteiger charge is -2.27. The standard InChI is InChI=1S/C15H18F3N3O/c16-15(17,18)13-5-3-12(4-6-13)2-1-7-20-14(22)21-10-8-19-9-11-21/h1-6,19H,7-11H2,(H,20,22). The van der Waals surface area contributed by atoms with Crippen molar-refractivity contribution in [2.75, 3.05) is 32.7 Å². The number of rotatable bonds is 3. The molecule has 0 radical (unpaired) electrons.